The highest BCUT2D eigenvalue weighted by atomic mass is 16.2. The lowest BCUT2D eigenvalue weighted by atomic mass is 10.00. The van der Waals surface area contributed by atoms with Crippen LogP contribution >= 0.6 is 0 Å². The Balaban J connectivity index is 1.69. The highest BCUT2D eigenvalue weighted by molar-refractivity contribution is 5.79. The van der Waals surface area contributed by atoms with E-state index in [0.717, 1.165) is 58.3 Å². The molecule has 7 heteroatoms. The van der Waals surface area contributed by atoms with Gasteiger partial charge in [0.15, 0.2) is 0 Å². The fourth-order valence-electron chi connectivity index (χ4n) is 3.48. The number of hydrogen-bond acceptors (Lipinski definition) is 5. The smallest absolute Gasteiger partial charge is 0.235 e. The molecule has 2 rings (SSSR count). The van der Waals surface area contributed by atoms with Gasteiger partial charge in [0.05, 0.1) is 19.2 Å². The highest BCUT2D eigenvalue weighted by Crippen LogP contribution is 2.28. The topological polar surface area (TPSA) is 88.5 Å². The maximum atomic E-state index is 12.3. The van der Waals surface area contributed by atoms with E-state index in [9.17, 15) is 14.9 Å². The summed E-state index contributed by atoms with van der Waals surface area (Å²) in [7, 11) is 0. The van der Waals surface area contributed by atoms with Crippen molar-refractivity contribution in [2.24, 2.45) is 0 Å². The maximum absolute atomic E-state index is 12.3. The van der Waals surface area contributed by atoms with E-state index >= 15 is 0 Å². The fourth-order valence-corrected chi connectivity index (χ4v) is 3.48. The minimum atomic E-state index is -0.646. The third kappa shape index (κ3) is 5.98. The molecule has 2 amide bonds. The minimum absolute atomic E-state index is 0.0635. The number of nitrogens with one attached hydrogen (secondary N) is 2. The summed E-state index contributed by atoms with van der Waals surface area (Å²) in [4.78, 5) is 28.4. The molecule has 0 aromatic rings. The molecule has 25 heavy (non-hydrogen) atoms. The van der Waals surface area contributed by atoms with Gasteiger partial charge >= 0.3 is 0 Å². The number of nitrogens with zero attached hydrogens (tertiary/aromatic N) is 3. The van der Waals surface area contributed by atoms with E-state index in [1.807, 2.05) is 6.92 Å². The maximum Gasteiger partial charge on any atom is 0.235 e. The van der Waals surface area contributed by atoms with Crippen molar-refractivity contribution in [2.75, 3.05) is 39.3 Å². The molecule has 2 aliphatic rings. The number of carbonyl (C=O) groups excluding carboxylic acids is 2. The Morgan fingerprint density at radius 1 is 1.08 bits per heavy atom. The summed E-state index contributed by atoms with van der Waals surface area (Å²) >= 11 is 0. The second kappa shape index (κ2) is 9.16. The van der Waals surface area contributed by atoms with E-state index in [4.69, 9.17) is 0 Å². The monoisotopic (exact) mass is 349 g/mol. The normalized spacial score (nSPS) is 22.1. The molecule has 0 spiro atoms. The van der Waals surface area contributed by atoms with Crippen LogP contribution in [0.5, 0.6) is 0 Å². The second-order valence-electron chi connectivity index (χ2n) is 7.38. The van der Waals surface area contributed by atoms with Gasteiger partial charge in [0.2, 0.25) is 11.8 Å². The summed E-state index contributed by atoms with van der Waals surface area (Å²) in [6, 6.07) is 2.50. The van der Waals surface area contributed by atoms with Crippen LogP contribution < -0.4 is 10.6 Å². The molecule has 0 aromatic carbocycles. The van der Waals surface area contributed by atoms with Gasteiger partial charge in [-0.3, -0.25) is 19.4 Å². The summed E-state index contributed by atoms with van der Waals surface area (Å²) in [6.45, 7) is 7.91. The van der Waals surface area contributed by atoms with E-state index in [1.165, 1.54) is 0 Å². The number of amides is 2. The van der Waals surface area contributed by atoms with Crippen molar-refractivity contribution in [1.29, 1.82) is 5.26 Å². The van der Waals surface area contributed by atoms with E-state index in [-0.39, 0.29) is 17.9 Å². The van der Waals surface area contributed by atoms with Gasteiger partial charge in [-0.05, 0) is 39.0 Å². The van der Waals surface area contributed by atoms with Gasteiger partial charge in [-0.15, -0.1) is 0 Å². The molecule has 1 saturated heterocycles. The van der Waals surface area contributed by atoms with E-state index in [1.54, 1.807) is 0 Å². The van der Waals surface area contributed by atoms with Gasteiger partial charge < -0.3 is 10.6 Å². The van der Waals surface area contributed by atoms with E-state index in [0.29, 0.717) is 13.1 Å². The zero-order valence-electron chi connectivity index (χ0n) is 15.5. The fraction of sp³-hybridized carbons (Fsp3) is 0.833. The van der Waals surface area contributed by atoms with Crippen molar-refractivity contribution in [1.82, 2.24) is 20.4 Å². The van der Waals surface area contributed by atoms with E-state index in [2.05, 4.69) is 33.4 Å². The number of rotatable bonds is 7. The molecule has 2 fully saturated rings. The Bertz CT molecular complexity index is 502. The Labute approximate surface area is 150 Å². The Morgan fingerprint density at radius 2 is 1.60 bits per heavy atom. The molecule has 1 heterocycles. The first-order valence-corrected chi connectivity index (χ1v) is 9.42. The van der Waals surface area contributed by atoms with Gasteiger partial charge in [0.25, 0.3) is 0 Å². The molecule has 1 unspecified atom stereocenters. The molecule has 0 radical (unpaired) electrons. The Kier molecular flexibility index (Phi) is 7.21. The predicted octanol–water partition coefficient (Wildman–Crippen LogP) is 0.471. The average Bonchev–Trinajstić information content (AvgIpc) is 3.05. The molecular formula is C18H31N5O2. The third-order valence-corrected chi connectivity index (χ3v) is 5.27. The molecule has 7 nitrogen and oxygen atoms in total. The van der Waals surface area contributed by atoms with Crippen molar-refractivity contribution in [3.8, 4) is 6.07 Å². The summed E-state index contributed by atoms with van der Waals surface area (Å²) in [6.07, 6.45) is 4.46. The number of nitriles is 1. The molecule has 1 saturated carbocycles. The first kappa shape index (κ1) is 19.7. The molecule has 1 aliphatic carbocycles. The first-order chi connectivity index (χ1) is 12.0. The molecular weight excluding hydrogens is 318 g/mol. The van der Waals surface area contributed by atoms with Gasteiger partial charge in [-0.1, -0.05) is 6.92 Å². The Hall–Kier alpha value is -1.65. The summed E-state index contributed by atoms with van der Waals surface area (Å²) in [5.41, 5.74) is -0.646. The third-order valence-electron chi connectivity index (χ3n) is 5.27. The van der Waals surface area contributed by atoms with Crippen LogP contribution in [0.15, 0.2) is 0 Å². The zero-order valence-corrected chi connectivity index (χ0v) is 15.5. The molecule has 0 aromatic heterocycles. The largest absolute Gasteiger partial charge is 0.353 e. The highest BCUT2D eigenvalue weighted by Gasteiger charge is 2.35. The summed E-state index contributed by atoms with van der Waals surface area (Å²) in [5, 5.41) is 15.3. The van der Waals surface area contributed by atoms with Crippen LogP contribution in [-0.2, 0) is 9.59 Å². The van der Waals surface area contributed by atoms with Crippen LogP contribution in [0.4, 0.5) is 0 Å². The minimum Gasteiger partial charge on any atom is -0.353 e. The van der Waals surface area contributed by atoms with Crippen molar-refractivity contribution in [2.45, 2.75) is 57.5 Å². The van der Waals surface area contributed by atoms with Gasteiger partial charge in [0.1, 0.15) is 5.54 Å². The van der Waals surface area contributed by atoms with Crippen LogP contribution in [0.3, 0.4) is 0 Å². The molecule has 140 valence electrons. The van der Waals surface area contributed by atoms with Crippen LogP contribution in [0.25, 0.3) is 0 Å². The number of hydrogen-bond donors (Lipinski definition) is 2. The van der Waals surface area contributed by atoms with Crippen LogP contribution in [0.2, 0.25) is 0 Å². The average molecular weight is 349 g/mol. The summed E-state index contributed by atoms with van der Waals surface area (Å²) < 4.78 is 0. The van der Waals surface area contributed by atoms with Crippen LogP contribution in [0, 0.1) is 11.3 Å². The molecule has 1 aliphatic heterocycles. The first-order valence-electron chi connectivity index (χ1n) is 9.42. The lowest BCUT2D eigenvalue weighted by Crippen LogP contribution is -2.54. The van der Waals surface area contributed by atoms with Gasteiger partial charge in [0, 0.05) is 32.2 Å². The second-order valence-corrected chi connectivity index (χ2v) is 7.38. The van der Waals surface area contributed by atoms with Gasteiger partial charge in [-0.25, -0.2) is 0 Å². The summed E-state index contributed by atoms with van der Waals surface area (Å²) in [5.74, 6) is 0.00384. The van der Waals surface area contributed by atoms with Crippen LogP contribution in [-0.4, -0.2) is 72.5 Å². The number of piperazine rings is 1. The van der Waals surface area contributed by atoms with Gasteiger partial charge in [-0.2, -0.15) is 5.26 Å². The van der Waals surface area contributed by atoms with Crippen LogP contribution in [0.1, 0.15) is 46.0 Å². The van der Waals surface area contributed by atoms with Crippen molar-refractivity contribution >= 4 is 11.8 Å². The Morgan fingerprint density at radius 3 is 2.08 bits per heavy atom. The van der Waals surface area contributed by atoms with Crippen molar-refractivity contribution < 1.29 is 9.59 Å². The zero-order chi connectivity index (χ0) is 18.3. The number of carbonyl (C=O) groups is 2. The molecule has 0 bridgehead atoms. The molecule has 1 atom stereocenters. The standard InChI is InChI=1S/C18H31N5O2/c1-3-15(2)20-16(24)12-22-8-10-23(11-9-22)13-17(25)21-18(14-19)6-4-5-7-18/h15H,3-13H2,1-2H3,(H,20,24)(H,21,25). The lowest BCUT2D eigenvalue weighted by molar-refractivity contribution is -0.126. The van der Waals surface area contributed by atoms with Crippen molar-refractivity contribution in [3.05, 3.63) is 0 Å². The lowest BCUT2D eigenvalue weighted by Gasteiger charge is -2.34. The van der Waals surface area contributed by atoms with Crippen molar-refractivity contribution in [3.63, 3.8) is 0 Å². The SMILES string of the molecule is CCC(C)NC(=O)CN1CCN(CC(=O)NC2(C#N)CCCC2)CC1. The predicted molar refractivity (Wildman–Crippen MR) is 95.7 cm³/mol. The molecule has 2 N–H and O–H groups in total. The van der Waals surface area contributed by atoms with E-state index < -0.39 is 5.54 Å². The quantitative estimate of drug-likeness (QED) is 0.698.